The Morgan fingerprint density at radius 3 is 2.75 bits per heavy atom. The molecular formula is C13H16BrNO. The summed E-state index contributed by atoms with van der Waals surface area (Å²) < 4.78 is 1.10. The zero-order valence-corrected chi connectivity index (χ0v) is 11.3. The van der Waals surface area contributed by atoms with Crippen LogP contribution in [0.3, 0.4) is 0 Å². The molecule has 1 aromatic carbocycles. The Labute approximate surface area is 105 Å². The molecule has 16 heavy (non-hydrogen) atoms. The maximum absolute atomic E-state index is 11.3. The highest BCUT2D eigenvalue weighted by atomic mass is 79.9. The van der Waals surface area contributed by atoms with Crippen LogP contribution in [0.2, 0.25) is 0 Å². The predicted molar refractivity (Wildman–Crippen MR) is 69.9 cm³/mol. The fourth-order valence-electron chi connectivity index (χ4n) is 2.27. The minimum Gasteiger partial charge on any atom is -0.368 e. The van der Waals surface area contributed by atoms with Gasteiger partial charge in [-0.2, -0.15) is 0 Å². The van der Waals surface area contributed by atoms with Crippen LogP contribution in [-0.4, -0.2) is 18.4 Å². The molecule has 86 valence electrons. The topological polar surface area (TPSA) is 20.3 Å². The van der Waals surface area contributed by atoms with Crippen LogP contribution in [0.4, 0.5) is 5.69 Å². The van der Waals surface area contributed by atoms with Gasteiger partial charge in [0.25, 0.3) is 0 Å². The van der Waals surface area contributed by atoms with E-state index < -0.39 is 0 Å². The van der Waals surface area contributed by atoms with Crippen LogP contribution >= 0.6 is 15.9 Å². The van der Waals surface area contributed by atoms with Gasteiger partial charge in [0.05, 0.1) is 0 Å². The van der Waals surface area contributed by atoms with Crippen LogP contribution in [0, 0.1) is 6.92 Å². The molecule has 0 amide bonds. The van der Waals surface area contributed by atoms with E-state index in [0.29, 0.717) is 24.7 Å². The number of hydrogen-bond acceptors (Lipinski definition) is 2. The van der Waals surface area contributed by atoms with Gasteiger partial charge in [-0.05, 0) is 37.6 Å². The average molecular weight is 282 g/mol. The zero-order chi connectivity index (χ0) is 11.7. The summed E-state index contributed by atoms with van der Waals surface area (Å²) >= 11 is 3.52. The Bertz CT molecular complexity index is 396. The first-order valence-electron chi connectivity index (χ1n) is 5.62. The molecule has 1 saturated heterocycles. The number of anilines is 1. The van der Waals surface area contributed by atoms with Crippen LogP contribution in [0.25, 0.3) is 0 Å². The number of Topliss-reactive ketones (excluding diaryl/α,β-unsaturated/α-hetero) is 1. The predicted octanol–water partition coefficient (Wildman–Crippen LogP) is 3.32. The first-order valence-corrected chi connectivity index (χ1v) is 6.41. The normalized spacial score (nSPS) is 21.3. The third-order valence-corrected chi connectivity index (χ3v) is 3.50. The van der Waals surface area contributed by atoms with E-state index in [1.54, 1.807) is 0 Å². The summed E-state index contributed by atoms with van der Waals surface area (Å²) in [6.45, 7) is 5.05. The summed E-state index contributed by atoms with van der Waals surface area (Å²) in [7, 11) is 0. The number of nitrogens with zero attached hydrogens (tertiary/aromatic N) is 1. The summed E-state index contributed by atoms with van der Waals surface area (Å²) in [5.41, 5.74) is 2.46. The number of piperidine rings is 1. The first kappa shape index (κ1) is 11.6. The lowest BCUT2D eigenvalue weighted by Crippen LogP contribution is -2.41. The van der Waals surface area contributed by atoms with Gasteiger partial charge in [0.1, 0.15) is 5.78 Å². The van der Waals surface area contributed by atoms with Gasteiger partial charge in [-0.25, -0.2) is 0 Å². The molecule has 0 aromatic heterocycles. The van der Waals surface area contributed by atoms with E-state index in [4.69, 9.17) is 0 Å². The largest absolute Gasteiger partial charge is 0.368 e. The smallest absolute Gasteiger partial charge is 0.136 e. The van der Waals surface area contributed by atoms with Crippen molar-refractivity contribution in [1.29, 1.82) is 0 Å². The van der Waals surface area contributed by atoms with Gasteiger partial charge >= 0.3 is 0 Å². The van der Waals surface area contributed by atoms with Crippen molar-refractivity contribution in [3.05, 3.63) is 28.2 Å². The van der Waals surface area contributed by atoms with Crippen LogP contribution < -0.4 is 4.90 Å². The molecular weight excluding hydrogens is 266 g/mol. The molecule has 1 aliphatic heterocycles. The van der Waals surface area contributed by atoms with Gasteiger partial charge in [0, 0.05) is 35.6 Å². The molecule has 1 fully saturated rings. The summed E-state index contributed by atoms with van der Waals surface area (Å²) in [5.74, 6) is 0.385. The summed E-state index contributed by atoms with van der Waals surface area (Å²) in [4.78, 5) is 13.7. The fraction of sp³-hybridized carbons (Fsp3) is 0.462. The summed E-state index contributed by atoms with van der Waals surface area (Å²) in [6, 6.07) is 6.72. The number of carbonyl (C=O) groups is 1. The zero-order valence-electron chi connectivity index (χ0n) is 9.66. The third kappa shape index (κ3) is 2.46. The van der Waals surface area contributed by atoms with E-state index in [0.717, 1.165) is 11.0 Å². The minimum absolute atomic E-state index is 0.315. The van der Waals surface area contributed by atoms with Gasteiger partial charge in [0.15, 0.2) is 0 Å². The van der Waals surface area contributed by atoms with Crippen molar-refractivity contribution in [2.24, 2.45) is 0 Å². The van der Waals surface area contributed by atoms with Crippen LogP contribution in [0.15, 0.2) is 22.7 Å². The number of aryl methyl sites for hydroxylation is 1. The molecule has 0 aliphatic carbocycles. The van der Waals surface area contributed by atoms with Gasteiger partial charge in [0.2, 0.25) is 0 Å². The molecule has 1 unspecified atom stereocenters. The molecule has 2 rings (SSSR count). The maximum atomic E-state index is 11.3. The van der Waals surface area contributed by atoms with Crippen molar-refractivity contribution < 1.29 is 4.79 Å². The highest BCUT2D eigenvalue weighted by molar-refractivity contribution is 9.10. The second-order valence-corrected chi connectivity index (χ2v) is 5.44. The van der Waals surface area contributed by atoms with Crippen molar-refractivity contribution in [2.75, 3.05) is 11.4 Å². The fourth-order valence-corrected chi connectivity index (χ4v) is 2.87. The molecule has 1 aliphatic rings. The number of hydrogen-bond donors (Lipinski definition) is 0. The van der Waals surface area contributed by atoms with Gasteiger partial charge in [-0.1, -0.05) is 15.9 Å². The van der Waals surface area contributed by atoms with E-state index in [1.807, 2.05) is 0 Å². The number of carbonyl (C=O) groups excluding carboxylic acids is 1. The lowest BCUT2D eigenvalue weighted by molar-refractivity contribution is -0.120. The second-order valence-electron chi connectivity index (χ2n) is 4.52. The van der Waals surface area contributed by atoms with E-state index in [9.17, 15) is 4.79 Å². The van der Waals surface area contributed by atoms with Gasteiger partial charge in [-0.3, -0.25) is 4.79 Å². The average Bonchev–Trinajstić information content (AvgIpc) is 2.15. The van der Waals surface area contributed by atoms with Crippen molar-refractivity contribution in [3.8, 4) is 0 Å². The summed E-state index contributed by atoms with van der Waals surface area (Å²) in [6.07, 6.45) is 1.35. The first-order chi connectivity index (χ1) is 7.56. The molecule has 0 saturated carbocycles. The molecule has 1 aromatic rings. The quantitative estimate of drug-likeness (QED) is 0.787. The third-order valence-electron chi connectivity index (χ3n) is 3.05. The molecule has 0 bridgehead atoms. The van der Waals surface area contributed by atoms with Crippen molar-refractivity contribution in [2.45, 2.75) is 32.7 Å². The Hall–Kier alpha value is -0.830. The van der Waals surface area contributed by atoms with E-state index >= 15 is 0 Å². The highest BCUT2D eigenvalue weighted by Gasteiger charge is 2.23. The molecule has 3 heteroatoms. The lowest BCUT2D eigenvalue weighted by atomic mass is 10.0. The SMILES string of the molecule is Cc1cc(Br)cc(N2CCC(=O)CC2C)c1. The van der Waals surface area contributed by atoms with Crippen molar-refractivity contribution in [3.63, 3.8) is 0 Å². The number of rotatable bonds is 1. The van der Waals surface area contributed by atoms with Crippen molar-refractivity contribution >= 4 is 27.4 Å². The lowest BCUT2D eigenvalue weighted by Gasteiger charge is -2.35. The molecule has 0 radical (unpaired) electrons. The molecule has 2 nitrogen and oxygen atoms in total. The van der Waals surface area contributed by atoms with Crippen molar-refractivity contribution in [1.82, 2.24) is 0 Å². The maximum Gasteiger partial charge on any atom is 0.136 e. The van der Waals surface area contributed by atoms with Gasteiger partial charge in [-0.15, -0.1) is 0 Å². The summed E-state index contributed by atoms with van der Waals surface area (Å²) in [5, 5.41) is 0. The number of halogens is 1. The van der Waals surface area contributed by atoms with E-state index in [2.05, 4.69) is 52.9 Å². The second kappa shape index (κ2) is 4.58. The monoisotopic (exact) mass is 281 g/mol. The highest BCUT2D eigenvalue weighted by Crippen LogP contribution is 2.27. The number of ketones is 1. The molecule has 1 heterocycles. The Kier molecular flexibility index (Phi) is 3.33. The van der Waals surface area contributed by atoms with Crippen LogP contribution in [-0.2, 0) is 4.79 Å². The van der Waals surface area contributed by atoms with E-state index in [1.165, 1.54) is 11.3 Å². The molecule has 0 N–H and O–H groups in total. The molecule has 1 atom stereocenters. The van der Waals surface area contributed by atoms with Gasteiger partial charge < -0.3 is 4.90 Å². The Balaban J connectivity index is 2.26. The Morgan fingerprint density at radius 2 is 2.12 bits per heavy atom. The van der Waals surface area contributed by atoms with Crippen LogP contribution in [0.1, 0.15) is 25.3 Å². The van der Waals surface area contributed by atoms with Crippen LogP contribution in [0.5, 0.6) is 0 Å². The molecule has 0 spiro atoms. The Morgan fingerprint density at radius 1 is 1.38 bits per heavy atom. The standard InChI is InChI=1S/C13H16BrNO/c1-9-5-11(14)8-12(6-9)15-4-3-13(16)7-10(15)2/h5-6,8,10H,3-4,7H2,1-2H3. The number of benzene rings is 1. The minimum atomic E-state index is 0.315. The van der Waals surface area contributed by atoms with E-state index in [-0.39, 0.29) is 0 Å².